The van der Waals surface area contributed by atoms with Gasteiger partial charge in [0.25, 0.3) is 0 Å². The van der Waals surface area contributed by atoms with Crippen LogP contribution in [0.1, 0.15) is 12.5 Å². The first kappa shape index (κ1) is 16.5. The number of aryl methyl sites for hydroxylation is 1. The normalized spacial score (nSPS) is 17.3. The Labute approximate surface area is 127 Å². The number of piperazine rings is 1. The van der Waals surface area contributed by atoms with E-state index in [-0.39, 0.29) is 0 Å². The van der Waals surface area contributed by atoms with Gasteiger partial charge in [0.1, 0.15) is 0 Å². The van der Waals surface area contributed by atoms with Crippen LogP contribution in [-0.4, -0.2) is 49.5 Å². The fourth-order valence-electron chi connectivity index (χ4n) is 2.20. The zero-order chi connectivity index (χ0) is 16.3. The van der Waals surface area contributed by atoms with Gasteiger partial charge >= 0.3 is 12.3 Å². The van der Waals surface area contributed by atoms with Crippen LogP contribution in [0, 0.1) is 6.92 Å². The van der Waals surface area contributed by atoms with Crippen LogP contribution in [0.25, 0.3) is 0 Å². The van der Waals surface area contributed by atoms with Crippen molar-refractivity contribution in [2.24, 2.45) is 0 Å². The molecule has 1 atom stereocenters. The highest BCUT2D eigenvalue weighted by Gasteiger charge is 2.40. The summed E-state index contributed by atoms with van der Waals surface area (Å²) in [7, 11) is 0. The Bertz CT molecular complexity index is 509. The number of halogens is 3. The van der Waals surface area contributed by atoms with Gasteiger partial charge in [-0.2, -0.15) is 13.2 Å². The molecular formula is C15H19F3N2O2. The van der Waals surface area contributed by atoms with Crippen LogP contribution in [0.15, 0.2) is 24.3 Å². The van der Waals surface area contributed by atoms with Gasteiger partial charge in [0.2, 0.25) is 0 Å². The number of alkyl halides is 3. The van der Waals surface area contributed by atoms with Gasteiger partial charge in [-0.1, -0.05) is 17.7 Å². The van der Waals surface area contributed by atoms with Gasteiger partial charge in [0, 0.05) is 31.9 Å². The Morgan fingerprint density at radius 3 is 2.18 bits per heavy atom. The summed E-state index contributed by atoms with van der Waals surface area (Å²) < 4.78 is 41.6. The zero-order valence-electron chi connectivity index (χ0n) is 12.6. The fourth-order valence-corrected chi connectivity index (χ4v) is 2.20. The quantitative estimate of drug-likeness (QED) is 0.840. The van der Waals surface area contributed by atoms with Crippen molar-refractivity contribution < 1.29 is 22.7 Å². The molecule has 1 aromatic rings. The van der Waals surface area contributed by atoms with E-state index in [1.54, 1.807) is 0 Å². The molecule has 1 unspecified atom stereocenters. The molecule has 122 valence electrons. The number of carbonyl (C=O) groups is 1. The lowest BCUT2D eigenvalue weighted by molar-refractivity contribution is -0.199. The number of hydrogen-bond acceptors (Lipinski definition) is 3. The van der Waals surface area contributed by atoms with E-state index < -0.39 is 18.4 Å². The maximum Gasteiger partial charge on any atom is 0.425 e. The van der Waals surface area contributed by atoms with E-state index >= 15 is 0 Å². The van der Waals surface area contributed by atoms with Crippen LogP contribution in [0.4, 0.5) is 23.7 Å². The average molecular weight is 316 g/mol. The third-order valence-electron chi connectivity index (χ3n) is 3.68. The monoisotopic (exact) mass is 316 g/mol. The Hall–Kier alpha value is -1.92. The maximum absolute atomic E-state index is 12.4. The molecule has 22 heavy (non-hydrogen) atoms. The van der Waals surface area contributed by atoms with Gasteiger partial charge in [0.15, 0.2) is 6.10 Å². The molecule has 0 spiro atoms. The molecule has 1 aliphatic rings. The van der Waals surface area contributed by atoms with E-state index in [2.05, 4.69) is 9.64 Å². The molecule has 0 aliphatic carbocycles. The first-order chi connectivity index (χ1) is 10.3. The van der Waals surface area contributed by atoms with Crippen molar-refractivity contribution in [3.05, 3.63) is 29.8 Å². The van der Waals surface area contributed by atoms with Crippen LogP contribution in [0.2, 0.25) is 0 Å². The van der Waals surface area contributed by atoms with Crippen molar-refractivity contribution in [3.8, 4) is 0 Å². The predicted octanol–water partition coefficient (Wildman–Crippen LogP) is 3.20. The van der Waals surface area contributed by atoms with Crippen molar-refractivity contribution in [2.45, 2.75) is 26.1 Å². The first-order valence-corrected chi connectivity index (χ1v) is 7.11. The highest BCUT2D eigenvalue weighted by molar-refractivity contribution is 5.68. The number of anilines is 1. The zero-order valence-corrected chi connectivity index (χ0v) is 12.6. The van der Waals surface area contributed by atoms with E-state index in [4.69, 9.17) is 0 Å². The summed E-state index contributed by atoms with van der Waals surface area (Å²) in [5.74, 6) is 0. The SMILES string of the molecule is Cc1ccc(N2CCN(C(=O)OC(C)C(F)(F)F)CC2)cc1. The minimum Gasteiger partial charge on any atom is -0.437 e. The third-order valence-corrected chi connectivity index (χ3v) is 3.68. The minimum absolute atomic E-state index is 0.345. The lowest BCUT2D eigenvalue weighted by Gasteiger charge is -2.36. The number of benzene rings is 1. The van der Waals surface area contributed by atoms with Crippen LogP contribution in [-0.2, 0) is 4.74 Å². The first-order valence-electron chi connectivity index (χ1n) is 7.11. The van der Waals surface area contributed by atoms with Crippen LogP contribution < -0.4 is 4.90 Å². The van der Waals surface area contributed by atoms with E-state index in [0.717, 1.165) is 18.2 Å². The lowest BCUT2D eigenvalue weighted by Crippen LogP contribution is -2.50. The van der Waals surface area contributed by atoms with E-state index in [1.165, 1.54) is 4.90 Å². The second-order valence-corrected chi connectivity index (χ2v) is 5.38. The Morgan fingerprint density at radius 2 is 1.68 bits per heavy atom. The Balaban J connectivity index is 1.86. The number of hydrogen-bond donors (Lipinski definition) is 0. The molecule has 1 saturated heterocycles. The molecule has 0 saturated carbocycles. The van der Waals surface area contributed by atoms with E-state index in [0.29, 0.717) is 26.2 Å². The van der Waals surface area contributed by atoms with Crippen molar-refractivity contribution >= 4 is 11.8 Å². The van der Waals surface area contributed by atoms with Gasteiger partial charge in [-0.15, -0.1) is 0 Å². The second-order valence-electron chi connectivity index (χ2n) is 5.38. The summed E-state index contributed by atoms with van der Waals surface area (Å²) in [5.41, 5.74) is 2.20. The summed E-state index contributed by atoms with van der Waals surface area (Å²) in [6.07, 6.45) is -7.53. The number of ether oxygens (including phenoxy) is 1. The molecule has 4 nitrogen and oxygen atoms in total. The van der Waals surface area contributed by atoms with Crippen LogP contribution >= 0.6 is 0 Å². The molecule has 1 amide bonds. The smallest absolute Gasteiger partial charge is 0.425 e. The van der Waals surface area contributed by atoms with Crippen molar-refractivity contribution in [2.75, 3.05) is 31.1 Å². The topological polar surface area (TPSA) is 32.8 Å². The van der Waals surface area contributed by atoms with Crippen molar-refractivity contribution in [3.63, 3.8) is 0 Å². The number of nitrogens with zero attached hydrogens (tertiary/aromatic N) is 2. The summed E-state index contributed by atoms with van der Waals surface area (Å²) in [4.78, 5) is 15.1. The summed E-state index contributed by atoms with van der Waals surface area (Å²) in [6, 6.07) is 7.99. The molecule has 1 aromatic carbocycles. The predicted molar refractivity (Wildman–Crippen MR) is 77.0 cm³/mol. The molecule has 0 bridgehead atoms. The molecule has 0 N–H and O–H groups in total. The molecule has 0 radical (unpaired) electrons. The molecule has 1 aliphatic heterocycles. The average Bonchev–Trinajstić information content (AvgIpc) is 2.47. The van der Waals surface area contributed by atoms with Gasteiger partial charge in [-0.3, -0.25) is 0 Å². The summed E-state index contributed by atoms with van der Waals surface area (Å²) >= 11 is 0. The number of carbonyl (C=O) groups excluding carboxylic acids is 1. The van der Waals surface area contributed by atoms with Crippen molar-refractivity contribution in [1.82, 2.24) is 4.90 Å². The highest BCUT2D eigenvalue weighted by Crippen LogP contribution is 2.23. The summed E-state index contributed by atoms with van der Waals surface area (Å²) in [5, 5.41) is 0. The molecule has 1 heterocycles. The molecule has 2 rings (SSSR count). The van der Waals surface area contributed by atoms with Gasteiger partial charge in [-0.05, 0) is 26.0 Å². The molecule has 0 aromatic heterocycles. The van der Waals surface area contributed by atoms with Crippen molar-refractivity contribution in [1.29, 1.82) is 0 Å². The van der Waals surface area contributed by atoms with Gasteiger partial charge in [0.05, 0.1) is 0 Å². The third kappa shape index (κ3) is 4.05. The summed E-state index contributed by atoms with van der Waals surface area (Å²) in [6.45, 7) is 4.66. The van der Waals surface area contributed by atoms with Crippen LogP contribution in [0.5, 0.6) is 0 Å². The largest absolute Gasteiger partial charge is 0.437 e. The minimum atomic E-state index is -4.53. The fraction of sp³-hybridized carbons (Fsp3) is 0.533. The van der Waals surface area contributed by atoms with E-state index in [9.17, 15) is 18.0 Å². The number of rotatable bonds is 2. The van der Waals surface area contributed by atoms with Gasteiger partial charge < -0.3 is 14.5 Å². The maximum atomic E-state index is 12.4. The highest BCUT2D eigenvalue weighted by atomic mass is 19.4. The second kappa shape index (κ2) is 6.46. The number of amides is 1. The molecule has 1 fully saturated rings. The van der Waals surface area contributed by atoms with Gasteiger partial charge in [-0.25, -0.2) is 4.79 Å². The molecular weight excluding hydrogens is 297 g/mol. The Kier molecular flexibility index (Phi) is 4.83. The van der Waals surface area contributed by atoms with Crippen LogP contribution in [0.3, 0.4) is 0 Å². The lowest BCUT2D eigenvalue weighted by atomic mass is 10.2. The standard InChI is InChI=1S/C15H19F3N2O2/c1-11-3-5-13(6-4-11)19-7-9-20(10-8-19)14(21)22-12(2)15(16,17)18/h3-6,12H,7-10H2,1-2H3. The Morgan fingerprint density at radius 1 is 1.14 bits per heavy atom. The molecule has 7 heteroatoms. The van der Waals surface area contributed by atoms with E-state index in [1.807, 2.05) is 31.2 Å².